The van der Waals surface area contributed by atoms with Crippen LogP contribution in [0.15, 0.2) is 30.6 Å². The summed E-state index contributed by atoms with van der Waals surface area (Å²) in [6.45, 7) is 5.39. The van der Waals surface area contributed by atoms with Crippen LogP contribution >= 0.6 is 11.6 Å². The summed E-state index contributed by atoms with van der Waals surface area (Å²) < 4.78 is 10.2. The third-order valence-electron chi connectivity index (χ3n) is 4.69. The van der Waals surface area contributed by atoms with Gasteiger partial charge in [0.1, 0.15) is 11.6 Å². The largest absolute Gasteiger partial charge is 0.492 e. The van der Waals surface area contributed by atoms with Crippen LogP contribution in [0.4, 0.5) is 5.82 Å². The average Bonchev–Trinajstić information content (AvgIpc) is 2.72. The highest BCUT2D eigenvalue weighted by molar-refractivity contribution is 6.32. The minimum atomic E-state index is -0.484. The fraction of sp³-hybridized carbons (Fsp3) is 0.450. The van der Waals surface area contributed by atoms with Gasteiger partial charge in [-0.15, -0.1) is 0 Å². The molecule has 1 saturated heterocycles. The maximum absolute atomic E-state index is 11.4. The Morgan fingerprint density at radius 1 is 1.29 bits per heavy atom. The molecule has 8 heteroatoms. The Bertz CT molecular complexity index is 793. The summed E-state index contributed by atoms with van der Waals surface area (Å²) in [5, 5.41) is 4.04. The van der Waals surface area contributed by atoms with E-state index in [2.05, 4.69) is 24.9 Å². The molecule has 1 aromatic heterocycles. The van der Waals surface area contributed by atoms with Gasteiger partial charge in [0.25, 0.3) is 0 Å². The first-order valence-electron chi connectivity index (χ1n) is 9.39. The molecule has 0 spiro atoms. The van der Waals surface area contributed by atoms with E-state index in [-0.39, 0.29) is 5.69 Å². The third-order valence-corrected chi connectivity index (χ3v) is 5.00. The number of methoxy groups -OCH3 is 1. The lowest BCUT2D eigenvalue weighted by Gasteiger charge is -2.32. The molecule has 1 N–H and O–H groups in total. The first-order chi connectivity index (χ1) is 13.6. The van der Waals surface area contributed by atoms with Crippen molar-refractivity contribution in [1.82, 2.24) is 14.9 Å². The average molecular weight is 405 g/mol. The molecule has 1 aromatic carbocycles. The Morgan fingerprint density at radius 3 is 2.71 bits per heavy atom. The first-order valence-corrected chi connectivity index (χ1v) is 9.77. The minimum Gasteiger partial charge on any atom is -0.492 e. The van der Waals surface area contributed by atoms with Crippen LogP contribution in [0.1, 0.15) is 35.8 Å². The molecule has 7 nitrogen and oxygen atoms in total. The van der Waals surface area contributed by atoms with Gasteiger partial charge < -0.3 is 14.8 Å². The number of ether oxygens (including phenoxy) is 2. The quantitative estimate of drug-likeness (QED) is 0.708. The van der Waals surface area contributed by atoms with Gasteiger partial charge in [-0.05, 0) is 37.5 Å². The number of hydrogen-bond donors (Lipinski definition) is 1. The molecule has 0 aliphatic carbocycles. The highest BCUT2D eigenvalue weighted by atomic mass is 35.5. The number of hydrogen-bond acceptors (Lipinski definition) is 7. The molecule has 0 unspecified atom stereocenters. The van der Waals surface area contributed by atoms with Crippen LogP contribution in [0.2, 0.25) is 5.02 Å². The smallest absolute Gasteiger partial charge is 0.358 e. The number of aromatic nitrogens is 2. The highest BCUT2D eigenvalue weighted by Gasteiger charge is 2.20. The van der Waals surface area contributed by atoms with E-state index in [9.17, 15) is 4.79 Å². The zero-order valence-electron chi connectivity index (χ0n) is 16.2. The molecule has 1 aliphatic heterocycles. The number of piperidine rings is 1. The Labute approximate surface area is 170 Å². The zero-order valence-corrected chi connectivity index (χ0v) is 16.9. The van der Waals surface area contributed by atoms with Crippen LogP contribution in [0.3, 0.4) is 0 Å². The van der Waals surface area contributed by atoms with Gasteiger partial charge in [0.15, 0.2) is 5.69 Å². The predicted molar refractivity (Wildman–Crippen MR) is 108 cm³/mol. The second-order valence-electron chi connectivity index (χ2n) is 6.67. The van der Waals surface area contributed by atoms with Gasteiger partial charge in [-0.1, -0.05) is 17.7 Å². The van der Waals surface area contributed by atoms with Crippen LogP contribution in [-0.2, 0) is 11.3 Å². The summed E-state index contributed by atoms with van der Waals surface area (Å²) in [7, 11) is 1.33. The van der Waals surface area contributed by atoms with Crippen LogP contribution in [-0.4, -0.2) is 53.7 Å². The van der Waals surface area contributed by atoms with Crippen LogP contribution in [0, 0.1) is 0 Å². The van der Waals surface area contributed by atoms with E-state index in [0.717, 1.165) is 38.2 Å². The summed E-state index contributed by atoms with van der Waals surface area (Å²) in [6.07, 6.45) is 5.01. The topological polar surface area (TPSA) is 76.6 Å². The second-order valence-corrected chi connectivity index (χ2v) is 7.08. The molecule has 0 bridgehead atoms. The number of nitrogens with zero attached hydrogens (tertiary/aromatic N) is 3. The van der Waals surface area contributed by atoms with Crippen molar-refractivity contribution in [3.8, 4) is 5.75 Å². The fourth-order valence-corrected chi connectivity index (χ4v) is 3.40. The second kappa shape index (κ2) is 9.71. The van der Waals surface area contributed by atoms with Gasteiger partial charge in [-0.25, -0.2) is 14.8 Å². The zero-order chi connectivity index (χ0) is 19.9. The van der Waals surface area contributed by atoms with Crippen LogP contribution < -0.4 is 10.1 Å². The molecular formula is C20H25ClN4O3. The van der Waals surface area contributed by atoms with Crippen molar-refractivity contribution in [2.24, 2.45) is 0 Å². The fourth-order valence-electron chi connectivity index (χ4n) is 3.23. The Morgan fingerprint density at radius 2 is 2.07 bits per heavy atom. The number of carbonyl (C=O) groups is 1. The number of benzene rings is 1. The highest BCUT2D eigenvalue weighted by Crippen LogP contribution is 2.27. The van der Waals surface area contributed by atoms with Crippen molar-refractivity contribution >= 4 is 23.4 Å². The number of likely N-dealkylation sites (tertiary alicyclic amines) is 1. The molecule has 3 rings (SSSR count). The molecule has 0 amide bonds. The predicted octanol–water partition coefficient (Wildman–Crippen LogP) is 3.39. The van der Waals surface area contributed by atoms with Gasteiger partial charge in [-0.3, -0.25) is 4.90 Å². The lowest BCUT2D eigenvalue weighted by Crippen LogP contribution is -2.38. The lowest BCUT2D eigenvalue weighted by molar-refractivity contribution is 0.0593. The van der Waals surface area contributed by atoms with E-state index in [4.69, 9.17) is 16.3 Å². The number of anilines is 1. The number of rotatable bonds is 7. The molecule has 0 radical (unpaired) electrons. The number of nitrogens with one attached hydrogen (secondary N) is 1. The normalized spacial score (nSPS) is 15.2. The summed E-state index contributed by atoms with van der Waals surface area (Å²) in [5.74, 6) is 0.930. The van der Waals surface area contributed by atoms with E-state index in [1.54, 1.807) is 6.20 Å². The molecular weight excluding hydrogens is 380 g/mol. The molecule has 0 saturated carbocycles. The van der Waals surface area contributed by atoms with Crippen LogP contribution in [0.25, 0.3) is 0 Å². The van der Waals surface area contributed by atoms with Gasteiger partial charge in [-0.2, -0.15) is 0 Å². The summed E-state index contributed by atoms with van der Waals surface area (Å²) in [5.41, 5.74) is 1.40. The molecule has 2 aromatic rings. The van der Waals surface area contributed by atoms with E-state index >= 15 is 0 Å². The first kappa shape index (κ1) is 20.4. The molecule has 150 valence electrons. The van der Waals surface area contributed by atoms with Crippen molar-refractivity contribution in [2.45, 2.75) is 32.4 Å². The number of halogens is 1. The maximum atomic E-state index is 11.4. The lowest BCUT2D eigenvalue weighted by atomic mass is 10.0. The van der Waals surface area contributed by atoms with Crippen molar-refractivity contribution in [3.05, 3.63) is 46.9 Å². The number of carbonyl (C=O) groups excluding carboxylic acids is 1. The van der Waals surface area contributed by atoms with Crippen molar-refractivity contribution in [1.29, 1.82) is 0 Å². The van der Waals surface area contributed by atoms with E-state index in [1.807, 2.05) is 25.1 Å². The number of esters is 1. The van der Waals surface area contributed by atoms with Gasteiger partial charge >= 0.3 is 5.97 Å². The molecule has 1 fully saturated rings. The Hall–Kier alpha value is -2.38. The van der Waals surface area contributed by atoms with E-state index < -0.39 is 5.97 Å². The Kier molecular flexibility index (Phi) is 7.06. The van der Waals surface area contributed by atoms with Crippen LogP contribution in [0.5, 0.6) is 5.75 Å². The van der Waals surface area contributed by atoms with E-state index in [1.165, 1.54) is 18.9 Å². The van der Waals surface area contributed by atoms with Crippen molar-refractivity contribution in [2.75, 3.05) is 32.1 Å². The van der Waals surface area contributed by atoms with Crippen molar-refractivity contribution in [3.63, 3.8) is 0 Å². The summed E-state index contributed by atoms with van der Waals surface area (Å²) >= 11 is 6.17. The summed E-state index contributed by atoms with van der Waals surface area (Å²) in [6, 6.07) is 6.30. The molecule has 28 heavy (non-hydrogen) atoms. The molecule has 1 aliphatic rings. The van der Waals surface area contributed by atoms with E-state index in [0.29, 0.717) is 23.5 Å². The minimum absolute atomic E-state index is 0.206. The maximum Gasteiger partial charge on any atom is 0.358 e. The summed E-state index contributed by atoms with van der Waals surface area (Å²) in [4.78, 5) is 22.2. The standard InChI is InChI=1S/C20H25ClN4O3/c1-3-28-18-10-14(4-5-16(18)21)13-25-8-6-15(7-9-25)24-19-12-22-17(11-23-19)20(26)27-2/h4-5,10-12,15H,3,6-9,13H2,1-2H3,(H,23,24). The monoisotopic (exact) mass is 404 g/mol. The third kappa shape index (κ3) is 5.33. The SMILES string of the molecule is CCOc1cc(CN2CCC(Nc3cnc(C(=O)OC)cn3)CC2)ccc1Cl. The van der Waals surface area contributed by atoms with Gasteiger partial charge in [0.2, 0.25) is 0 Å². The molecule has 0 atom stereocenters. The van der Waals surface area contributed by atoms with Crippen molar-refractivity contribution < 1.29 is 14.3 Å². The Balaban J connectivity index is 1.49. The molecule has 2 heterocycles. The van der Waals surface area contributed by atoms with Gasteiger partial charge in [0, 0.05) is 25.7 Å². The van der Waals surface area contributed by atoms with Gasteiger partial charge in [0.05, 0.1) is 31.1 Å².